The number of guanidine groups is 1. The van der Waals surface area contributed by atoms with Crippen LogP contribution in [0.25, 0.3) is 0 Å². The second-order valence-corrected chi connectivity index (χ2v) is 13.7. The van der Waals surface area contributed by atoms with Crippen LogP contribution < -0.4 is 11.1 Å². The van der Waals surface area contributed by atoms with Crippen LogP contribution in [0, 0.1) is 11.3 Å². The molecular weight excluding hydrogens is 560 g/mol. The summed E-state index contributed by atoms with van der Waals surface area (Å²) in [5.74, 6) is 0.863. The van der Waals surface area contributed by atoms with Crippen molar-refractivity contribution in [1.29, 1.82) is 5.41 Å². The molecule has 4 N–H and O–H groups in total. The molecule has 0 saturated carbocycles. The van der Waals surface area contributed by atoms with Gasteiger partial charge in [-0.2, -0.15) is 0 Å². The molecule has 0 aromatic rings. The van der Waals surface area contributed by atoms with Crippen LogP contribution >= 0.6 is 0 Å². The van der Waals surface area contributed by atoms with Crippen molar-refractivity contribution in [3.63, 3.8) is 0 Å². The van der Waals surface area contributed by atoms with Crippen LogP contribution in [-0.2, 0) is 0 Å². The SMILES string of the molecule is CCCCC/C=C\C/C=C\CCCCCCCCC(CCCCCCC/C=C\C/C=C\CCCCCC)CN(C)CCNC(=N)N. The van der Waals surface area contributed by atoms with Gasteiger partial charge in [0.05, 0.1) is 0 Å². The third kappa shape index (κ3) is 36.7. The second kappa shape index (κ2) is 37.6. The predicted octanol–water partition coefficient (Wildman–Crippen LogP) is 12.4. The number of likely N-dealkylation sites (N-methyl/N-ethyl adjacent to an activating group) is 1. The van der Waals surface area contributed by atoms with Gasteiger partial charge in [-0.05, 0) is 90.0 Å². The monoisotopic (exact) mass is 641 g/mol. The molecule has 0 amide bonds. The lowest BCUT2D eigenvalue weighted by Gasteiger charge is -2.24. The molecule has 0 radical (unpaired) electrons. The lowest BCUT2D eigenvalue weighted by atomic mass is 9.93. The first-order valence-corrected chi connectivity index (χ1v) is 20.0. The molecular formula is C42H80N4. The Labute approximate surface area is 288 Å². The van der Waals surface area contributed by atoms with E-state index < -0.39 is 0 Å². The smallest absolute Gasteiger partial charge is 0.185 e. The molecule has 0 aromatic carbocycles. The topological polar surface area (TPSA) is 65.1 Å². The normalized spacial score (nSPS) is 13.0. The first-order valence-electron chi connectivity index (χ1n) is 20.0. The van der Waals surface area contributed by atoms with Gasteiger partial charge in [0, 0.05) is 19.6 Å². The number of nitrogens with two attached hydrogens (primary N) is 1. The average Bonchev–Trinajstić information content (AvgIpc) is 3.04. The fraction of sp³-hybridized carbons (Fsp3) is 0.786. The molecule has 0 spiro atoms. The summed E-state index contributed by atoms with van der Waals surface area (Å²) >= 11 is 0. The van der Waals surface area contributed by atoms with Crippen molar-refractivity contribution in [2.45, 2.75) is 181 Å². The zero-order chi connectivity index (χ0) is 33.6. The molecule has 4 nitrogen and oxygen atoms in total. The van der Waals surface area contributed by atoms with Gasteiger partial charge < -0.3 is 16.0 Å². The summed E-state index contributed by atoms with van der Waals surface area (Å²) in [4.78, 5) is 2.43. The van der Waals surface area contributed by atoms with Crippen LogP contribution in [-0.4, -0.2) is 37.5 Å². The fourth-order valence-electron chi connectivity index (χ4n) is 6.08. The number of hydrogen-bond donors (Lipinski definition) is 3. The summed E-state index contributed by atoms with van der Waals surface area (Å²) in [6, 6.07) is 0. The van der Waals surface area contributed by atoms with Crippen molar-refractivity contribution in [2.75, 3.05) is 26.7 Å². The Morgan fingerprint density at radius 1 is 0.565 bits per heavy atom. The molecule has 0 aromatic heterocycles. The number of allylic oxidation sites excluding steroid dienone is 8. The molecule has 0 aliphatic carbocycles. The largest absolute Gasteiger partial charge is 0.370 e. The Kier molecular flexibility index (Phi) is 36.2. The summed E-state index contributed by atoms with van der Waals surface area (Å²) in [5.41, 5.74) is 5.47. The third-order valence-corrected chi connectivity index (χ3v) is 9.00. The van der Waals surface area contributed by atoms with Crippen LogP contribution in [0.5, 0.6) is 0 Å². The Hall–Kier alpha value is -1.81. The summed E-state index contributed by atoms with van der Waals surface area (Å²) in [5, 5.41) is 10.4. The van der Waals surface area contributed by atoms with E-state index in [2.05, 4.69) is 79.7 Å². The highest BCUT2D eigenvalue weighted by molar-refractivity contribution is 5.74. The average molecular weight is 641 g/mol. The highest BCUT2D eigenvalue weighted by atomic mass is 15.1. The van der Waals surface area contributed by atoms with Gasteiger partial charge in [0.2, 0.25) is 0 Å². The van der Waals surface area contributed by atoms with E-state index in [0.29, 0.717) is 0 Å². The highest BCUT2D eigenvalue weighted by Crippen LogP contribution is 2.20. The van der Waals surface area contributed by atoms with Gasteiger partial charge in [-0.15, -0.1) is 0 Å². The molecule has 0 fully saturated rings. The van der Waals surface area contributed by atoms with Gasteiger partial charge in [0.1, 0.15) is 0 Å². The van der Waals surface area contributed by atoms with Crippen LogP contribution in [0.4, 0.5) is 0 Å². The number of nitrogens with zero attached hydrogens (tertiary/aromatic N) is 1. The Morgan fingerprint density at radius 3 is 1.37 bits per heavy atom. The molecule has 0 bridgehead atoms. The number of nitrogens with one attached hydrogen (secondary N) is 2. The van der Waals surface area contributed by atoms with Gasteiger partial charge in [-0.3, -0.25) is 5.41 Å². The minimum atomic E-state index is 0.0757. The Morgan fingerprint density at radius 2 is 0.935 bits per heavy atom. The third-order valence-electron chi connectivity index (χ3n) is 9.00. The standard InChI is InChI=1S/C42H80N4/c1-4-6-8-10-12-14-16-18-20-22-24-26-28-30-32-34-36-41(40-46(3)39-38-45-42(43)44)37-35-33-31-29-27-25-23-21-19-17-15-13-11-9-7-5-2/h12,14-15,17-18,20-21,23,41H,4-11,13,16,19,22,24-40H2,1-3H3,(H4,43,44,45)/b14-12-,17-15-,20-18-,23-21-. The summed E-state index contributed by atoms with van der Waals surface area (Å²) < 4.78 is 0. The number of unbranched alkanes of at least 4 members (excludes halogenated alkanes) is 18. The number of hydrogen-bond acceptors (Lipinski definition) is 2. The van der Waals surface area contributed by atoms with Crippen LogP contribution in [0.3, 0.4) is 0 Å². The molecule has 0 aliphatic heterocycles. The van der Waals surface area contributed by atoms with Crippen molar-refractivity contribution < 1.29 is 0 Å². The molecule has 1 unspecified atom stereocenters. The lowest BCUT2D eigenvalue weighted by Crippen LogP contribution is -2.38. The second-order valence-electron chi connectivity index (χ2n) is 13.7. The van der Waals surface area contributed by atoms with E-state index >= 15 is 0 Å². The van der Waals surface area contributed by atoms with Crippen molar-refractivity contribution in [2.24, 2.45) is 11.7 Å². The molecule has 0 aliphatic rings. The van der Waals surface area contributed by atoms with Gasteiger partial charge >= 0.3 is 0 Å². The maximum Gasteiger partial charge on any atom is 0.185 e. The van der Waals surface area contributed by atoms with E-state index in [-0.39, 0.29) is 5.96 Å². The summed E-state index contributed by atoms with van der Waals surface area (Å²) in [6.07, 6.45) is 53.2. The number of rotatable bonds is 35. The maximum atomic E-state index is 7.40. The minimum absolute atomic E-state index is 0.0757. The van der Waals surface area contributed by atoms with Gasteiger partial charge in [0.25, 0.3) is 0 Å². The van der Waals surface area contributed by atoms with Crippen LogP contribution in [0.1, 0.15) is 181 Å². The van der Waals surface area contributed by atoms with Crippen molar-refractivity contribution in [1.82, 2.24) is 10.2 Å². The van der Waals surface area contributed by atoms with E-state index in [0.717, 1.165) is 38.4 Å². The Balaban J connectivity index is 4.02. The summed E-state index contributed by atoms with van der Waals surface area (Å²) in [6.45, 7) is 7.41. The van der Waals surface area contributed by atoms with Crippen LogP contribution in [0.15, 0.2) is 48.6 Å². The first kappa shape index (κ1) is 44.2. The molecule has 46 heavy (non-hydrogen) atoms. The van der Waals surface area contributed by atoms with Crippen molar-refractivity contribution in [3.8, 4) is 0 Å². The van der Waals surface area contributed by atoms with E-state index in [1.807, 2.05) is 0 Å². The molecule has 268 valence electrons. The molecule has 0 heterocycles. The first-order chi connectivity index (χ1) is 22.6. The lowest BCUT2D eigenvalue weighted by molar-refractivity contribution is 0.252. The zero-order valence-electron chi connectivity index (χ0n) is 31.2. The molecule has 4 heteroatoms. The molecule has 0 rings (SSSR count). The van der Waals surface area contributed by atoms with Crippen molar-refractivity contribution >= 4 is 5.96 Å². The van der Waals surface area contributed by atoms with E-state index in [4.69, 9.17) is 11.1 Å². The van der Waals surface area contributed by atoms with Gasteiger partial charge in [0.15, 0.2) is 5.96 Å². The summed E-state index contributed by atoms with van der Waals surface area (Å²) in [7, 11) is 2.23. The molecule has 0 saturated heterocycles. The maximum absolute atomic E-state index is 7.40. The highest BCUT2D eigenvalue weighted by Gasteiger charge is 2.12. The van der Waals surface area contributed by atoms with Crippen molar-refractivity contribution in [3.05, 3.63) is 48.6 Å². The minimum Gasteiger partial charge on any atom is -0.370 e. The quantitative estimate of drug-likeness (QED) is 0.0279. The van der Waals surface area contributed by atoms with E-state index in [1.54, 1.807) is 0 Å². The zero-order valence-corrected chi connectivity index (χ0v) is 31.2. The van der Waals surface area contributed by atoms with Crippen LogP contribution in [0.2, 0.25) is 0 Å². The fourth-order valence-corrected chi connectivity index (χ4v) is 6.08. The van der Waals surface area contributed by atoms with Gasteiger partial charge in [-0.25, -0.2) is 0 Å². The van der Waals surface area contributed by atoms with E-state index in [9.17, 15) is 0 Å². The Bertz CT molecular complexity index is 738. The molecule has 1 atom stereocenters. The predicted molar refractivity (Wildman–Crippen MR) is 209 cm³/mol. The van der Waals surface area contributed by atoms with Gasteiger partial charge in [-0.1, -0.05) is 152 Å². The van der Waals surface area contributed by atoms with E-state index in [1.165, 1.54) is 154 Å².